The fourth-order valence-corrected chi connectivity index (χ4v) is 4.18. The van der Waals surface area contributed by atoms with Crippen LogP contribution in [0.5, 0.6) is 11.5 Å². The third-order valence-corrected chi connectivity index (χ3v) is 5.94. The molecule has 0 bridgehead atoms. The summed E-state index contributed by atoms with van der Waals surface area (Å²) in [6.45, 7) is 4.34. The second-order valence-electron chi connectivity index (χ2n) is 6.66. The molecule has 0 aliphatic carbocycles. The molecule has 1 aliphatic heterocycles. The van der Waals surface area contributed by atoms with Crippen LogP contribution in [0.1, 0.15) is 30.9 Å². The molecule has 0 spiro atoms. The average Bonchev–Trinajstić information content (AvgIpc) is 2.66. The number of rotatable bonds is 5. The van der Waals surface area contributed by atoms with E-state index in [1.165, 1.54) is 5.56 Å². The van der Waals surface area contributed by atoms with Gasteiger partial charge in [0.2, 0.25) is 0 Å². The minimum absolute atomic E-state index is 0.125. The smallest absolute Gasteiger partial charge is 0.172 e. The number of benzene rings is 2. The Hall–Kier alpha value is -1.59. The summed E-state index contributed by atoms with van der Waals surface area (Å²) in [5, 5.41) is 10.1. The lowest BCUT2D eigenvalue weighted by Gasteiger charge is -2.34. The molecule has 0 atom stereocenters. The summed E-state index contributed by atoms with van der Waals surface area (Å²) < 4.78 is 6.13. The minimum atomic E-state index is 0.125. The summed E-state index contributed by atoms with van der Waals surface area (Å²) in [4.78, 5) is 3.09. The van der Waals surface area contributed by atoms with E-state index in [2.05, 4.69) is 51.2 Å². The van der Waals surface area contributed by atoms with E-state index in [0.717, 1.165) is 42.9 Å². The van der Waals surface area contributed by atoms with Gasteiger partial charge < -0.3 is 14.7 Å². The monoisotopic (exact) mass is 433 g/mol. The number of halogens is 1. The van der Waals surface area contributed by atoms with Crippen LogP contribution in [0, 0.1) is 5.92 Å². The zero-order valence-corrected chi connectivity index (χ0v) is 17.4. The molecule has 5 heteroatoms. The van der Waals surface area contributed by atoms with Crippen molar-refractivity contribution in [2.24, 2.45) is 5.92 Å². The molecule has 1 heterocycles. The van der Waals surface area contributed by atoms with Gasteiger partial charge in [-0.25, -0.2) is 0 Å². The molecule has 3 rings (SSSR count). The SMILES string of the molecule is CCOc1cc(C(=S)N2CCC(Cc3ccccc3)CC2)cc(Br)c1O. The normalized spacial score (nSPS) is 15.1. The molecule has 2 aromatic rings. The molecule has 138 valence electrons. The van der Waals surface area contributed by atoms with Crippen LogP contribution in [0.4, 0.5) is 0 Å². The largest absolute Gasteiger partial charge is 0.503 e. The lowest BCUT2D eigenvalue weighted by molar-refractivity contribution is 0.268. The molecule has 0 amide bonds. The molecule has 0 radical (unpaired) electrons. The molecule has 3 nitrogen and oxygen atoms in total. The Bertz CT molecular complexity index is 758. The van der Waals surface area contributed by atoms with E-state index >= 15 is 0 Å². The van der Waals surface area contributed by atoms with Crippen LogP contribution in [-0.2, 0) is 6.42 Å². The van der Waals surface area contributed by atoms with Crippen LogP contribution in [0.2, 0.25) is 0 Å². The number of ether oxygens (including phenoxy) is 1. The van der Waals surface area contributed by atoms with Gasteiger partial charge in [-0.05, 0) is 65.7 Å². The predicted molar refractivity (Wildman–Crippen MR) is 113 cm³/mol. The van der Waals surface area contributed by atoms with Crippen molar-refractivity contribution in [3.8, 4) is 11.5 Å². The molecule has 1 aliphatic rings. The van der Waals surface area contributed by atoms with Crippen LogP contribution in [-0.4, -0.2) is 34.7 Å². The first-order valence-electron chi connectivity index (χ1n) is 9.07. The molecular formula is C21H24BrNO2S. The van der Waals surface area contributed by atoms with E-state index in [4.69, 9.17) is 17.0 Å². The lowest BCUT2D eigenvalue weighted by Crippen LogP contribution is -2.38. The van der Waals surface area contributed by atoms with Crippen molar-refractivity contribution in [2.75, 3.05) is 19.7 Å². The van der Waals surface area contributed by atoms with E-state index in [9.17, 15) is 5.11 Å². The Morgan fingerprint density at radius 2 is 1.92 bits per heavy atom. The molecule has 0 aromatic heterocycles. The van der Waals surface area contributed by atoms with Crippen molar-refractivity contribution < 1.29 is 9.84 Å². The highest BCUT2D eigenvalue weighted by atomic mass is 79.9. The van der Waals surface area contributed by atoms with Crippen LogP contribution >= 0.6 is 28.1 Å². The fourth-order valence-electron chi connectivity index (χ4n) is 3.43. The number of thiocarbonyl (C=S) groups is 1. The summed E-state index contributed by atoms with van der Waals surface area (Å²) in [5.74, 6) is 1.31. The van der Waals surface area contributed by atoms with Gasteiger partial charge in [-0.3, -0.25) is 0 Å². The highest BCUT2D eigenvalue weighted by molar-refractivity contribution is 9.10. The standard InChI is InChI=1S/C21H24BrNO2S/c1-2-25-19-14-17(13-18(22)20(19)24)21(26)23-10-8-16(9-11-23)12-15-6-4-3-5-7-15/h3-7,13-14,16,24H,2,8-12H2,1H3. The van der Waals surface area contributed by atoms with Gasteiger partial charge in [0, 0.05) is 18.7 Å². The highest BCUT2D eigenvalue weighted by Gasteiger charge is 2.23. The molecule has 2 aromatic carbocycles. The third kappa shape index (κ3) is 4.57. The summed E-state index contributed by atoms with van der Waals surface area (Å²) in [6, 6.07) is 14.4. The third-order valence-electron chi connectivity index (χ3n) is 4.84. The van der Waals surface area contributed by atoms with E-state index in [-0.39, 0.29) is 5.75 Å². The van der Waals surface area contributed by atoms with Crippen molar-refractivity contribution in [1.29, 1.82) is 0 Å². The number of phenolic OH excluding ortho intramolecular Hbond substituents is 1. The van der Waals surface area contributed by atoms with E-state index in [1.807, 2.05) is 19.1 Å². The van der Waals surface area contributed by atoms with Crippen LogP contribution in [0.3, 0.4) is 0 Å². The second-order valence-corrected chi connectivity index (χ2v) is 7.90. The predicted octanol–water partition coefficient (Wildman–Crippen LogP) is 5.18. The quantitative estimate of drug-likeness (QED) is 0.657. The van der Waals surface area contributed by atoms with Gasteiger partial charge in [0.05, 0.1) is 11.1 Å². The number of hydrogen-bond donors (Lipinski definition) is 1. The maximum atomic E-state index is 10.1. The number of aromatic hydroxyl groups is 1. The first kappa shape index (κ1) is 19.2. The van der Waals surface area contributed by atoms with Gasteiger partial charge in [-0.15, -0.1) is 0 Å². The van der Waals surface area contributed by atoms with Crippen molar-refractivity contribution in [3.05, 3.63) is 58.1 Å². The maximum Gasteiger partial charge on any atom is 0.172 e. The summed E-state index contributed by atoms with van der Waals surface area (Å²) >= 11 is 9.12. The van der Waals surface area contributed by atoms with Crippen molar-refractivity contribution in [2.45, 2.75) is 26.2 Å². The molecular weight excluding hydrogens is 410 g/mol. The zero-order chi connectivity index (χ0) is 18.5. The van der Waals surface area contributed by atoms with Crippen molar-refractivity contribution in [1.82, 2.24) is 4.90 Å². The zero-order valence-electron chi connectivity index (χ0n) is 15.0. The van der Waals surface area contributed by atoms with Gasteiger partial charge >= 0.3 is 0 Å². The maximum absolute atomic E-state index is 10.1. The fraction of sp³-hybridized carbons (Fsp3) is 0.381. The van der Waals surface area contributed by atoms with E-state index < -0.39 is 0 Å². The van der Waals surface area contributed by atoms with Gasteiger partial charge in [-0.2, -0.15) is 0 Å². The van der Waals surface area contributed by atoms with Gasteiger partial charge in [0.1, 0.15) is 4.99 Å². The number of piperidine rings is 1. The Balaban J connectivity index is 1.63. The number of likely N-dealkylation sites (tertiary alicyclic amines) is 1. The topological polar surface area (TPSA) is 32.7 Å². The number of hydrogen-bond acceptors (Lipinski definition) is 3. The number of phenols is 1. The first-order valence-corrected chi connectivity index (χ1v) is 10.3. The summed E-state index contributed by atoms with van der Waals surface area (Å²) in [5.41, 5.74) is 2.33. The van der Waals surface area contributed by atoms with Crippen LogP contribution in [0.25, 0.3) is 0 Å². The van der Waals surface area contributed by atoms with E-state index in [0.29, 0.717) is 22.7 Å². The van der Waals surface area contributed by atoms with Crippen molar-refractivity contribution >= 4 is 33.1 Å². The highest BCUT2D eigenvalue weighted by Crippen LogP contribution is 2.36. The lowest BCUT2D eigenvalue weighted by atomic mass is 9.90. The summed E-state index contributed by atoms with van der Waals surface area (Å²) in [6.07, 6.45) is 3.43. The molecule has 0 unspecified atom stereocenters. The Morgan fingerprint density at radius 3 is 2.58 bits per heavy atom. The van der Waals surface area contributed by atoms with Crippen LogP contribution < -0.4 is 4.74 Å². The molecule has 0 saturated carbocycles. The molecule has 1 fully saturated rings. The average molecular weight is 434 g/mol. The Kier molecular flexibility index (Phi) is 6.54. The Morgan fingerprint density at radius 1 is 1.23 bits per heavy atom. The van der Waals surface area contributed by atoms with E-state index in [1.54, 1.807) is 0 Å². The molecule has 1 N–H and O–H groups in total. The molecule has 1 saturated heterocycles. The van der Waals surface area contributed by atoms with Crippen molar-refractivity contribution in [3.63, 3.8) is 0 Å². The van der Waals surface area contributed by atoms with Crippen LogP contribution in [0.15, 0.2) is 46.9 Å². The van der Waals surface area contributed by atoms with Gasteiger partial charge in [0.25, 0.3) is 0 Å². The first-order chi connectivity index (χ1) is 12.6. The Labute approximate surface area is 169 Å². The van der Waals surface area contributed by atoms with Gasteiger partial charge in [-0.1, -0.05) is 42.5 Å². The van der Waals surface area contributed by atoms with Gasteiger partial charge in [0.15, 0.2) is 11.5 Å². The number of nitrogens with zero attached hydrogens (tertiary/aromatic N) is 1. The minimum Gasteiger partial charge on any atom is -0.503 e. The second kappa shape index (κ2) is 8.87. The summed E-state index contributed by atoms with van der Waals surface area (Å²) in [7, 11) is 0. The molecule has 26 heavy (non-hydrogen) atoms.